The van der Waals surface area contributed by atoms with Gasteiger partial charge in [0.1, 0.15) is 0 Å². The highest BCUT2D eigenvalue weighted by Gasteiger charge is 2.50. The number of rotatable bonds is 0. The van der Waals surface area contributed by atoms with Crippen LogP contribution in [-0.2, 0) is 4.74 Å². The summed E-state index contributed by atoms with van der Waals surface area (Å²) in [5, 5.41) is 3.45. The zero-order valence-electron chi connectivity index (χ0n) is 6.05. The summed E-state index contributed by atoms with van der Waals surface area (Å²) < 4.78 is 5.80. The molecule has 3 heterocycles. The minimum Gasteiger partial charge on any atom is -0.374 e. The first-order chi connectivity index (χ1) is 4.95. The smallest absolute Gasteiger partial charge is 0.0624 e. The molecule has 3 unspecified atom stereocenters. The minimum absolute atomic E-state index is 0.630. The molecule has 3 saturated heterocycles. The highest BCUT2D eigenvalue weighted by molar-refractivity contribution is 5.01. The van der Waals surface area contributed by atoms with Crippen molar-refractivity contribution in [1.82, 2.24) is 5.32 Å². The topological polar surface area (TPSA) is 21.3 Å². The molecular formula is C8H13NO. The van der Waals surface area contributed by atoms with Crippen LogP contribution in [0.3, 0.4) is 0 Å². The monoisotopic (exact) mass is 139 g/mol. The lowest BCUT2D eigenvalue weighted by molar-refractivity contribution is 0.0832. The van der Waals surface area contributed by atoms with Gasteiger partial charge in [0.25, 0.3) is 0 Å². The van der Waals surface area contributed by atoms with Crippen LogP contribution in [0.15, 0.2) is 0 Å². The predicted octanol–water partition coefficient (Wildman–Crippen LogP) is 0.383. The van der Waals surface area contributed by atoms with E-state index in [-0.39, 0.29) is 0 Å². The van der Waals surface area contributed by atoms with E-state index in [9.17, 15) is 0 Å². The van der Waals surface area contributed by atoms with E-state index in [4.69, 9.17) is 4.74 Å². The molecule has 0 radical (unpaired) electrons. The summed E-state index contributed by atoms with van der Waals surface area (Å²) in [4.78, 5) is 0. The zero-order chi connectivity index (χ0) is 6.55. The summed E-state index contributed by atoms with van der Waals surface area (Å²) in [7, 11) is 0. The van der Waals surface area contributed by atoms with E-state index in [2.05, 4.69) is 5.32 Å². The molecule has 0 saturated carbocycles. The lowest BCUT2D eigenvalue weighted by Crippen LogP contribution is -2.24. The van der Waals surface area contributed by atoms with Gasteiger partial charge in [-0.25, -0.2) is 0 Å². The molecule has 0 aromatic rings. The van der Waals surface area contributed by atoms with Crippen LogP contribution in [0, 0.1) is 11.8 Å². The third-order valence-electron chi connectivity index (χ3n) is 3.35. The molecule has 10 heavy (non-hydrogen) atoms. The predicted molar refractivity (Wildman–Crippen MR) is 37.7 cm³/mol. The van der Waals surface area contributed by atoms with Crippen molar-refractivity contribution in [3.8, 4) is 0 Å². The molecule has 0 aromatic carbocycles. The lowest BCUT2D eigenvalue weighted by atomic mass is 9.82. The highest BCUT2D eigenvalue weighted by atomic mass is 16.5. The van der Waals surface area contributed by atoms with E-state index in [1.165, 1.54) is 25.9 Å². The van der Waals surface area contributed by atoms with Crippen molar-refractivity contribution in [2.24, 2.45) is 11.8 Å². The van der Waals surface area contributed by atoms with Gasteiger partial charge in [-0.05, 0) is 12.8 Å². The maximum atomic E-state index is 5.80. The quantitative estimate of drug-likeness (QED) is 0.524. The summed E-state index contributed by atoms with van der Waals surface area (Å²) >= 11 is 0. The van der Waals surface area contributed by atoms with Crippen LogP contribution in [0.25, 0.3) is 0 Å². The van der Waals surface area contributed by atoms with E-state index in [1.807, 2.05) is 0 Å². The van der Waals surface area contributed by atoms with Gasteiger partial charge in [-0.15, -0.1) is 0 Å². The first-order valence-electron chi connectivity index (χ1n) is 4.31. The van der Waals surface area contributed by atoms with Crippen molar-refractivity contribution in [3.05, 3.63) is 0 Å². The molecule has 3 aliphatic heterocycles. The molecule has 56 valence electrons. The minimum atomic E-state index is 0.630. The van der Waals surface area contributed by atoms with Gasteiger partial charge >= 0.3 is 0 Å². The van der Waals surface area contributed by atoms with Gasteiger partial charge in [0.2, 0.25) is 0 Å². The molecule has 0 spiro atoms. The van der Waals surface area contributed by atoms with Crippen molar-refractivity contribution in [2.45, 2.75) is 25.0 Å². The fourth-order valence-electron chi connectivity index (χ4n) is 2.85. The second-order valence-corrected chi connectivity index (χ2v) is 3.78. The Hall–Kier alpha value is -0.0800. The van der Waals surface area contributed by atoms with E-state index >= 15 is 0 Å². The maximum Gasteiger partial charge on any atom is 0.0624 e. The molecule has 2 nitrogen and oxygen atoms in total. The SMILES string of the molecule is C1C[C@@H]2OC1C1CNCC12. The van der Waals surface area contributed by atoms with Crippen LogP contribution >= 0.6 is 0 Å². The molecule has 2 heteroatoms. The molecular weight excluding hydrogens is 126 g/mol. The van der Waals surface area contributed by atoms with Crippen molar-refractivity contribution in [3.63, 3.8) is 0 Å². The molecule has 3 aliphatic rings. The maximum absolute atomic E-state index is 5.80. The van der Waals surface area contributed by atoms with Gasteiger partial charge in [-0.1, -0.05) is 0 Å². The van der Waals surface area contributed by atoms with Crippen LogP contribution in [0.5, 0.6) is 0 Å². The Balaban J connectivity index is 1.92. The van der Waals surface area contributed by atoms with Crippen LogP contribution in [0.1, 0.15) is 12.8 Å². The van der Waals surface area contributed by atoms with Crippen molar-refractivity contribution in [2.75, 3.05) is 13.1 Å². The molecule has 3 fully saturated rings. The summed E-state index contributed by atoms with van der Waals surface area (Å²) in [5.74, 6) is 1.75. The fraction of sp³-hybridized carbons (Fsp3) is 1.00. The first-order valence-corrected chi connectivity index (χ1v) is 4.31. The zero-order valence-corrected chi connectivity index (χ0v) is 6.05. The van der Waals surface area contributed by atoms with Crippen LogP contribution in [-0.4, -0.2) is 25.3 Å². The largest absolute Gasteiger partial charge is 0.374 e. The Morgan fingerprint density at radius 3 is 2.20 bits per heavy atom. The van der Waals surface area contributed by atoms with E-state index in [0.717, 1.165) is 11.8 Å². The Bertz CT molecular complexity index is 143. The van der Waals surface area contributed by atoms with Crippen LogP contribution in [0.2, 0.25) is 0 Å². The van der Waals surface area contributed by atoms with Gasteiger partial charge in [0.15, 0.2) is 0 Å². The number of hydrogen-bond acceptors (Lipinski definition) is 2. The third kappa shape index (κ3) is 0.523. The summed E-state index contributed by atoms with van der Waals surface area (Å²) in [5.41, 5.74) is 0. The molecule has 0 aromatic heterocycles. The van der Waals surface area contributed by atoms with Crippen molar-refractivity contribution < 1.29 is 4.74 Å². The van der Waals surface area contributed by atoms with Crippen molar-refractivity contribution in [1.29, 1.82) is 0 Å². The van der Waals surface area contributed by atoms with Crippen LogP contribution < -0.4 is 5.32 Å². The number of ether oxygens (including phenoxy) is 1. The van der Waals surface area contributed by atoms with E-state index in [1.54, 1.807) is 0 Å². The summed E-state index contributed by atoms with van der Waals surface area (Å²) in [6.45, 7) is 2.43. The third-order valence-corrected chi connectivity index (χ3v) is 3.35. The summed E-state index contributed by atoms with van der Waals surface area (Å²) in [6.07, 6.45) is 3.91. The standard InChI is InChI=1S/C8H13NO/c1-2-8-6-4-9-3-5(6)7(1)10-8/h5-9H,1-4H2/t5?,6?,7-,8?/m0/s1. The van der Waals surface area contributed by atoms with Gasteiger partial charge < -0.3 is 10.1 Å². The number of fused-ring (bicyclic) bond motifs is 5. The Kier molecular flexibility index (Phi) is 0.968. The normalized spacial score (nSPS) is 57.6. The average molecular weight is 139 g/mol. The summed E-state index contributed by atoms with van der Waals surface area (Å²) in [6, 6.07) is 0. The first kappa shape index (κ1) is 5.56. The number of nitrogens with one attached hydrogen (secondary N) is 1. The van der Waals surface area contributed by atoms with Gasteiger partial charge in [-0.3, -0.25) is 0 Å². The Morgan fingerprint density at radius 2 is 1.60 bits per heavy atom. The Labute approximate surface area is 60.9 Å². The molecule has 0 aliphatic carbocycles. The second kappa shape index (κ2) is 1.74. The molecule has 2 bridgehead atoms. The Morgan fingerprint density at radius 1 is 1.00 bits per heavy atom. The molecule has 0 amide bonds. The molecule has 4 atom stereocenters. The van der Waals surface area contributed by atoms with Gasteiger partial charge in [0.05, 0.1) is 12.2 Å². The van der Waals surface area contributed by atoms with E-state index < -0.39 is 0 Å². The molecule has 3 rings (SSSR count). The van der Waals surface area contributed by atoms with Crippen LogP contribution in [0.4, 0.5) is 0 Å². The lowest BCUT2D eigenvalue weighted by Gasteiger charge is -2.18. The fourth-order valence-corrected chi connectivity index (χ4v) is 2.85. The average Bonchev–Trinajstić information content (AvgIpc) is 2.60. The second-order valence-electron chi connectivity index (χ2n) is 3.78. The highest BCUT2D eigenvalue weighted by Crippen LogP contribution is 2.44. The van der Waals surface area contributed by atoms with Crippen molar-refractivity contribution >= 4 is 0 Å². The number of hydrogen-bond donors (Lipinski definition) is 1. The van der Waals surface area contributed by atoms with Gasteiger partial charge in [0, 0.05) is 24.9 Å². The van der Waals surface area contributed by atoms with E-state index in [0.29, 0.717) is 12.2 Å². The van der Waals surface area contributed by atoms with Gasteiger partial charge in [-0.2, -0.15) is 0 Å². The molecule has 1 N–H and O–H groups in total.